The van der Waals surface area contributed by atoms with Crippen LogP contribution in [0, 0.1) is 5.82 Å². The molecule has 1 atom stereocenters. The minimum Gasteiger partial charge on any atom is -0.444 e. The molecule has 13 heteroatoms. The van der Waals surface area contributed by atoms with Gasteiger partial charge in [-0.25, -0.2) is 14.2 Å². The average Bonchev–Trinajstić information content (AvgIpc) is 2.91. The van der Waals surface area contributed by atoms with Gasteiger partial charge in [-0.15, -0.1) is 0 Å². The van der Waals surface area contributed by atoms with E-state index in [2.05, 4.69) is 20.6 Å². The smallest absolute Gasteiger partial charge is 0.430 e. The van der Waals surface area contributed by atoms with Gasteiger partial charge in [-0.2, -0.15) is 13.2 Å². The van der Waals surface area contributed by atoms with E-state index < -0.39 is 52.8 Å². The summed E-state index contributed by atoms with van der Waals surface area (Å²) in [6, 6.07) is 12.5. The number of aliphatic imine (C=N–C) groups is 1. The molecular weight excluding hydrogens is 558 g/mol. The number of aromatic nitrogens is 1. The molecule has 3 aromatic rings. The normalized spacial score (nSPS) is 13.3. The summed E-state index contributed by atoms with van der Waals surface area (Å²) in [5.74, 6) is -2.11. The zero-order valence-electron chi connectivity index (χ0n) is 22.9. The molecule has 0 aliphatic carbocycles. The molecule has 42 heavy (non-hydrogen) atoms. The number of hydrogen-bond donors (Lipinski definition) is 4. The Morgan fingerprint density at radius 2 is 1.76 bits per heavy atom. The number of aliphatic hydroxyl groups is 1. The van der Waals surface area contributed by atoms with Gasteiger partial charge in [0.2, 0.25) is 0 Å². The number of nitrogens with zero attached hydrogens (tertiary/aromatic N) is 2. The maximum Gasteiger partial charge on any atom is 0.430 e. The SMILES string of the molecule is CC(C)(C)OC(=O)NCc1cccc(N=C(C=C(N)C(F)(F)F)C(=O)Nc2cc(C(O)c3ccncc3)ccc2F)c1. The van der Waals surface area contributed by atoms with Crippen molar-refractivity contribution in [2.24, 2.45) is 10.7 Å². The first-order valence-corrected chi connectivity index (χ1v) is 12.5. The van der Waals surface area contributed by atoms with Gasteiger partial charge in [-0.1, -0.05) is 18.2 Å². The number of pyridine rings is 1. The lowest BCUT2D eigenvalue weighted by Gasteiger charge is -2.19. The number of carbonyl (C=O) groups is 2. The first kappa shape index (κ1) is 31.7. The molecule has 5 N–H and O–H groups in total. The third-order valence-electron chi connectivity index (χ3n) is 5.42. The second kappa shape index (κ2) is 13.3. The molecule has 0 saturated heterocycles. The van der Waals surface area contributed by atoms with Crippen LogP contribution in [-0.2, 0) is 16.1 Å². The second-order valence-electron chi connectivity index (χ2n) is 10.00. The highest BCUT2D eigenvalue weighted by molar-refractivity contribution is 6.47. The standard InChI is InChI=1S/C29H29F4N5O4/c1-28(2,3)42-27(41)36-16-17-5-4-6-20(13-17)37-23(15-24(34)29(31,32)33)26(40)38-22-14-19(7-8-21(22)30)25(39)18-9-11-35-12-10-18/h4-15,25,39H,16,34H2,1-3H3,(H,36,41)(H,38,40). The summed E-state index contributed by atoms with van der Waals surface area (Å²) in [5, 5.41) is 15.4. The Balaban J connectivity index is 1.90. The van der Waals surface area contributed by atoms with Gasteiger partial charge < -0.3 is 26.2 Å². The molecule has 0 fully saturated rings. The predicted octanol–water partition coefficient (Wildman–Crippen LogP) is 5.44. The maximum atomic E-state index is 14.6. The summed E-state index contributed by atoms with van der Waals surface area (Å²) >= 11 is 0. The number of allylic oxidation sites excluding steroid dienone is 1. The van der Waals surface area contributed by atoms with Gasteiger partial charge in [0.15, 0.2) is 0 Å². The van der Waals surface area contributed by atoms with Crippen LogP contribution in [0.15, 0.2) is 83.8 Å². The van der Waals surface area contributed by atoms with Crippen molar-refractivity contribution in [3.63, 3.8) is 0 Å². The second-order valence-corrected chi connectivity index (χ2v) is 10.00. The summed E-state index contributed by atoms with van der Waals surface area (Å²) in [4.78, 5) is 32.9. The lowest BCUT2D eigenvalue weighted by molar-refractivity contribution is -0.110. The van der Waals surface area contributed by atoms with Crippen LogP contribution in [0.25, 0.3) is 0 Å². The lowest BCUT2D eigenvalue weighted by Crippen LogP contribution is -2.32. The number of nitrogens with two attached hydrogens (primary N) is 1. The molecule has 222 valence electrons. The number of alkyl carbamates (subject to hydrolysis) is 1. The molecule has 0 aliphatic rings. The van der Waals surface area contributed by atoms with Crippen LogP contribution in [0.2, 0.25) is 0 Å². The summed E-state index contributed by atoms with van der Waals surface area (Å²) in [5.41, 5.74) is 2.83. The third-order valence-corrected chi connectivity index (χ3v) is 5.42. The minimum atomic E-state index is -4.97. The van der Waals surface area contributed by atoms with Crippen LogP contribution in [0.3, 0.4) is 0 Å². The zero-order valence-corrected chi connectivity index (χ0v) is 22.9. The number of ether oxygens (including phenoxy) is 1. The Labute approximate surface area is 239 Å². The van der Waals surface area contributed by atoms with Crippen molar-refractivity contribution < 1.29 is 37.0 Å². The van der Waals surface area contributed by atoms with Crippen molar-refractivity contribution in [1.82, 2.24) is 10.3 Å². The predicted molar refractivity (Wildman–Crippen MR) is 148 cm³/mol. The van der Waals surface area contributed by atoms with Gasteiger partial charge in [0.25, 0.3) is 5.91 Å². The number of nitrogens with one attached hydrogen (secondary N) is 2. The number of alkyl halides is 3. The number of carbonyl (C=O) groups excluding carboxylic acids is 2. The number of halogens is 4. The topological polar surface area (TPSA) is 139 Å². The van der Waals surface area contributed by atoms with E-state index in [1.165, 1.54) is 36.7 Å². The Bertz CT molecular complexity index is 1490. The van der Waals surface area contributed by atoms with Gasteiger partial charge in [0.05, 0.1) is 11.4 Å². The van der Waals surface area contributed by atoms with E-state index in [0.717, 1.165) is 12.1 Å². The fourth-order valence-electron chi connectivity index (χ4n) is 3.47. The largest absolute Gasteiger partial charge is 0.444 e. The summed E-state index contributed by atoms with van der Waals surface area (Å²) < 4.78 is 59.5. The lowest BCUT2D eigenvalue weighted by atomic mass is 10.0. The Hall–Kier alpha value is -4.78. The molecule has 0 radical (unpaired) electrons. The maximum absolute atomic E-state index is 14.6. The fraction of sp³-hybridized carbons (Fsp3) is 0.241. The monoisotopic (exact) mass is 587 g/mol. The van der Waals surface area contributed by atoms with Crippen molar-refractivity contribution in [3.8, 4) is 0 Å². The summed E-state index contributed by atoms with van der Waals surface area (Å²) in [7, 11) is 0. The van der Waals surface area contributed by atoms with E-state index in [4.69, 9.17) is 10.5 Å². The van der Waals surface area contributed by atoms with Crippen LogP contribution in [0.5, 0.6) is 0 Å². The van der Waals surface area contributed by atoms with Gasteiger partial charge in [-0.3, -0.25) is 9.78 Å². The Kier molecular flexibility index (Phi) is 10.0. The molecule has 9 nitrogen and oxygen atoms in total. The molecular formula is C29H29F4N5O4. The first-order chi connectivity index (χ1) is 19.6. The van der Waals surface area contributed by atoms with Crippen LogP contribution >= 0.6 is 0 Å². The van der Waals surface area contributed by atoms with Crippen LogP contribution in [0.1, 0.15) is 43.6 Å². The van der Waals surface area contributed by atoms with E-state index in [-0.39, 0.29) is 17.8 Å². The quantitative estimate of drug-likeness (QED) is 0.204. The van der Waals surface area contributed by atoms with E-state index in [1.807, 2.05) is 0 Å². The molecule has 2 amide bonds. The minimum absolute atomic E-state index is 0.00185. The average molecular weight is 588 g/mol. The van der Waals surface area contributed by atoms with E-state index in [9.17, 15) is 32.3 Å². The number of benzene rings is 2. The van der Waals surface area contributed by atoms with Gasteiger partial charge in [0.1, 0.15) is 28.9 Å². The highest BCUT2D eigenvalue weighted by atomic mass is 19.4. The Morgan fingerprint density at radius 1 is 1.07 bits per heavy atom. The summed E-state index contributed by atoms with van der Waals surface area (Å²) in [6.07, 6.45) is -3.62. The molecule has 0 aliphatic heterocycles. The molecule has 0 saturated carbocycles. The number of rotatable bonds is 8. The molecule has 0 spiro atoms. The van der Waals surface area contributed by atoms with Crippen molar-refractivity contribution >= 4 is 29.1 Å². The number of anilines is 1. The van der Waals surface area contributed by atoms with Crippen LogP contribution < -0.4 is 16.4 Å². The van der Waals surface area contributed by atoms with Crippen molar-refractivity contribution in [1.29, 1.82) is 0 Å². The van der Waals surface area contributed by atoms with Crippen LogP contribution in [0.4, 0.5) is 33.7 Å². The van der Waals surface area contributed by atoms with Crippen molar-refractivity contribution in [2.45, 2.75) is 45.2 Å². The van der Waals surface area contributed by atoms with E-state index in [0.29, 0.717) is 17.2 Å². The molecule has 1 aromatic heterocycles. The van der Waals surface area contributed by atoms with Gasteiger partial charge >= 0.3 is 12.3 Å². The molecule has 2 aromatic carbocycles. The highest BCUT2D eigenvalue weighted by Crippen LogP contribution is 2.27. The third kappa shape index (κ3) is 9.41. The first-order valence-electron chi connectivity index (χ1n) is 12.5. The molecule has 1 unspecified atom stereocenters. The number of hydrogen-bond acceptors (Lipinski definition) is 7. The van der Waals surface area contributed by atoms with E-state index in [1.54, 1.807) is 39.0 Å². The van der Waals surface area contributed by atoms with Crippen molar-refractivity contribution in [3.05, 3.63) is 101 Å². The van der Waals surface area contributed by atoms with Gasteiger partial charge in [0, 0.05) is 18.9 Å². The highest BCUT2D eigenvalue weighted by Gasteiger charge is 2.32. The number of aliphatic hydroxyl groups excluding tert-OH is 1. The van der Waals surface area contributed by atoms with Gasteiger partial charge in [-0.05, 0) is 79.9 Å². The molecule has 0 bridgehead atoms. The van der Waals surface area contributed by atoms with E-state index >= 15 is 0 Å². The number of amides is 2. The molecule has 1 heterocycles. The Morgan fingerprint density at radius 3 is 2.40 bits per heavy atom. The summed E-state index contributed by atoms with van der Waals surface area (Å²) in [6.45, 7) is 5.08. The zero-order chi connectivity index (χ0) is 31.1. The van der Waals surface area contributed by atoms with Crippen LogP contribution in [-0.4, -0.2) is 39.6 Å². The molecule has 3 rings (SSSR count). The fourth-order valence-corrected chi connectivity index (χ4v) is 3.47. The van der Waals surface area contributed by atoms with Crippen molar-refractivity contribution in [2.75, 3.05) is 5.32 Å².